The zero-order chi connectivity index (χ0) is 38.3. The number of aromatic nitrogens is 3. The van der Waals surface area contributed by atoms with E-state index in [1.165, 1.54) is 54.4 Å². The van der Waals surface area contributed by atoms with Gasteiger partial charge in [-0.25, -0.2) is 9.97 Å². The van der Waals surface area contributed by atoms with Crippen LogP contribution in [0, 0.1) is 11.3 Å². The summed E-state index contributed by atoms with van der Waals surface area (Å²) in [5, 5.41) is 19.9. The number of alkyl halides is 3. The van der Waals surface area contributed by atoms with Gasteiger partial charge in [-0.1, -0.05) is 24.6 Å². The van der Waals surface area contributed by atoms with E-state index in [4.69, 9.17) is 17.0 Å². The molecule has 1 aliphatic heterocycles. The summed E-state index contributed by atoms with van der Waals surface area (Å²) < 4.78 is 42.6. The van der Waals surface area contributed by atoms with Gasteiger partial charge >= 0.3 is 6.18 Å². The first kappa shape index (κ1) is 40.0. The van der Waals surface area contributed by atoms with Crippen molar-refractivity contribution in [3.8, 4) is 0 Å². The highest BCUT2D eigenvalue weighted by molar-refractivity contribution is 6.34. The molecule has 1 saturated heterocycles. The predicted molar refractivity (Wildman–Crippen MR) is 191 cm³/mol. The molecule has 3 heterocycles. The van der Waals surface area contributed by atoms with Crippen molar-refractivity contribution < 1.29 is 37.6 Å². The smallest absolute Gasteiger partial charge is 0.392 e. The van der Waals surface area contributed by atoms with E-state index in [9.17, 15) is 32.7 Å². The number of aliphatic hydroxyl groups excluding tert-OH is 1. The molecule has 0 spiro atoms. The number of carbonyl (C=O) groups excluding carboxylic acids is 3. The number of quaternary nitrogens is 1. The number of imidazole rings is 1. The summed E-state index contributed by atoms with van der Waals surface area (Å²) in [7, 11) is 6.90. The predicted octanol–water partition coefficient (Wildman–Crippen LogP) is 3.12. The van der Waals surface area contributed by atoms with Crippen molar-refractivity contribution in [3.05, 3.63) is 76.6 Å². The van der Waals surface area contributed by atoms with Gasteiger partial charge in [0.15, 0.2) is 5.82 Å². The van der Waals surface area contributed by atoms with Crippen LogP contribution >= 0.6 is 11.6 Å². The Bertz CT molecular complexity index is 1800. The Hall–Kier alpha value is -4.80. The highest BCUT2D eigenvalue weighted by Crippen LogP contribution is 2.29. The molecule has 52 heavy (non-hydrogen) atoms. The van der Waals surface area contributed by atoms with E-state index < -0.39 is 23.4 Å². The number of piperazine rings is 1. The van der Waals surface area contributed by atoms with Crippen molar-refractivity contribution in [2.45, 2.75) is 32.5 Å². The van der Waals surface area contributed by atoms with Crippen molar-refractivity contribution in [2.24, 2.45) is 13.0 Å². The van der Waals surface area contributed by atoms with Gasteiger partial charge in [-0.2, -0.15) is 13.2 Å². The number of hydrogen-bond acceptors (Lipinski definition) is 8. The summed E-state index contributed by atoms with van der Waals surface area (Å²) in [5.74, 6) is -1.04. The largest absolute Gasteiger partial charge is 0.433 e. The van der Waals surface area contributed by atoms with Crippen molar-refractivity contribution in [2.75, 3.05) is 64.1 Å². The first-order valence-electron chi connectivity index (χ1n) is 16.7. The lowest BCUT2D eigenvalue weighted by molar-refractivity contribution is -0.858. The van der Waals surface area contributed by atoms with E-state index in [1.807, 2.05) is 11.8 Å². The lowest BCUT2D eigenvalue weighted by atomic mass is 10.00. The van der Waals surface area contributed by atoms with Crippen LogP contribution in [0.2, 0.25) is 5.02 Å². The molecule has 4 N–H and O–H groups in total. The normalized spacial score (nSPS) is 14.4. The lowest BCUT2D eigenvalue weighted by Gasteiger charge is -2.36. The van der Waals surface area contributed by atoms with Gasteiger partial charge in [0.1, 0.15) is 11.5 Å². The molecule has 1 aromatic carbocycles. The Balaban J connectivity index is 1.45. The number of nitrogens with zero attached hydrogens (tertiary/aromatic N) is 6. The second-order valence-electron chi connectivity index (χ2n) is 12.9. The van der Waals surface area contributed by atoms with Crippen LogP contribution in [0.1, 0.15) is 52.0 Å². The second-order valence-corrected chi connectivity index (χ2v) is 13.3. The SMILES string of the molecule is CCC(CC[NH+](C)C)C(=O)N1CCN(C(=O)c2ccc(NC(=O)c3ncc(C(=CN(C)c4ccc(CO)cn4)C(=N)C(F)(F)F)n3C)cc2Cl)CC1. The number of amides is 3. The number of pyridine rings is 1. The molecule has 0 saturated carbocycles. The highest BCUT2D eigenvalue weighted by atomic mass is 35.5. The number of aliphatic hydroxyl groups is 1. The fraction of sp³-hybridized carbons (Fsp3) is 0.429. The monoisotopic (exact) mass is 746 g/mol. The van der Waals surface area contributed by atoms with Gasteiger partial charge in [-0.05, 0) is 36.2 Å². The van der Waals surface area contributed by atoms with E-state index in [2.05, 4.69) is 29.4 Å². The van der Waals surface area contributed by atoms with Crippen LogP contribution in [0.15, 0.2) is 48.9 Å². The van der Waals surface area contributed by atoms with Crippen molar-refractivity contribution in [1.82, 2.24) is 24.3 Å². The van der Waals surface area contributed by atoms with Gasteiger partial charge in [0.2, 0.25) is 5.91 Å². The standard InChI is InChI=1S/C35H43ClF3N9O4/c1-6-23(11-12-44(2)3)33(51)47-13-15-48(16-14-47)34(52)25-9-8-24(17-27(25)36)43-32(50)31-42-19-28(46(31)5)26(30(40)35(37,38)39)20-45(4)29-10-7-22(21-49)18-41-29/h7-10,17-20,23,40,49H,6,11-16,21H2,1-5H3,(H,43,50)/p+1. The summed E-state index contributed by atoms with van der Waals surface area (Å²) in [6, 6.07) is 7.41. The summed E-state index contributed by atoms with van der Waals surface area (Å²) in [5.41, 5.74) is -1.45. The van der Waals surface area contributed by atoms with Crippen LogP contribution in [-0.2, 0) is 18.4 Å². The molecule has 0 radical (unpaired) electrons. The van der Waals surface area contributed by atoms with Crippen molar-refractivity contribution in [3.63, 3.8) is 0 Å². The van der Waals surface area contributed by atoms with Gasteiger partial charge in [0.05, 0.1) is 49.7 Å². The molecular weight excluding hydrogens is 703 g/mol. The van der Waals surface area contributed by atoms with Crippen LogP contribution in [0.3, 0.4) is 0 Å². The molecule has 1 atom stereocenters. The summed E-state index contributed by atoms with van der Waals surface area (Å²) in [6.07, 6.45) is 0.0417. The average molecular weight is 747 g/mol. The summed E-state index contributed by atoms with van der Waals surface area (Å²) in [6.45, 7) is 4.17. The first-order valence-corrected chi connectivity index (χ1v) is 17.1. The third-order valence-electron chi connectivity index (χ3n) is 8.87. The zero-order valence-electron chi connectivity index (χ0n) is 29.7. The Kier molecular flexibility index (Phi) is 13.2. The van der Waals surface area contributed by atoms with E-state index in [0.717, 1.165) is 36.4 Å². The Morgan fingerprint density at radius 2 is 1.77 bits per heavy atom. The van der Waals surface area contributed by atoms with Crippen molar-refractivity contribution >= 4 is 52.1 Å². The highest BCUT2D eigenvalue weighted by Gasteiger charge is 2.39. The lowest BCUT2D eigenvalue weighted by Crippen LogP contribution is -3.05. The third kappa shape index (κ3) is 9.54. The number of rotatable bonds is 13. The van der Waals surface area contributed by atoms with E-state index in [1.54, 1.807) is 11.0 Å². The number of halogens is 4. The molecular formula is C35H44ClF3N9O4+. The molecule has 2 aromatic heterocycles. The van der Waals surface area contributed by atoms with E-state index in [0.29, 0.717) is 31.7 Å². The molecule has 1 fully saturated rings. The molecule has 4 rings (SSSR count). The maximum Gasteiger partial charge on any atom is 0.433 e. The molecule has 1 aliphatic rings. The zero-order valence-corrected chi connectivity index (χ0v) is 30.5. The Morgan fingerprint density at radius 3 is 2.33 bits per heavy atom. The molecule has 13 nitrogen and oxygen atoms in total. The number of hydrogen-bond donors (Lipinski definition) is 4. The third-order valence-corrected chi connectivity index (χ3v) is 9.18. The summed E-state index contributed by atoms with van der Waals surface area (Å²) in [4.78, 5) is 53.9. The molecule has 3 aromatic rings. The minimum Gasteiger partial charge on any atom is -0.392 e. The number of benzene rings is 1. The quantitative estimate of drug-likeness (QED) is 0.196. The van der Waals surface area contributed by atoms with Crippen LogP contribution < -0.4 is 15.1 Å². The van der Waals surface area contributed by atoms with Crippen LogP contribution in [0.25, 0.3) is 5.57 Å². The topological polar surface area (TPSA) is 152 Å². The van der Waals surface area contributed by atoms with Crippen LogP contribution in [0.5, 0.6) is 0 Å². The van der Waals surface area contributed by atoms with Crippen molar-refractivity contribution in [1.29, 1.82) is 5.41 Å². The number of allylic oxidation sites excluding steroid dienone is 1. The average Bonchev–Trinajstić information content (AvgIpc) is 3.50. The Morgan fingerprint density at radius 1 is 1.10 bits per heavy atom. The maximum absolute atomic E-state index is 13.8. The minimum absolute atomic E-state index is 0.0558. The fourth-order valence-corrected chi connectivity index (χ4v) is 6.00. The number of anilines is 2. The second kappa shape index (κ2) is 17.1. The molecule has 0 bridgehead atoms. The number of carbonyl (C=O) groups is 3. The molecule has 3 amide bonds. The molecule has 17 heteroatoms. The minimum atomic E-state index is -5.01. The van der Waals surface area contributed by atoms with E-state index >= 15 is 0 Å². The van der Waals surface area contributed by atoms with Gasteiger partial charge < -0.3 is 34.6 Å². The van der Waals surface area contributed by atoms with E-state index in [-0.39, 0.29) is 57.9 Å². The number of nitrogens with one attached hydrogen (secondary N) is 3. The Labute approximate surface area is 305 Å². The maximum atomic E-state index is 13.8. The first-order chi connectivity index (χ1) is 24.5. The van der Waals surface area contributed by atoms with Gasteiger partial charge in [0, 0.05) is 76.3 Å². The van der Waals surface area contributed by atoms with Crippen LogP contribution in [-0.4, -0.2) is 113 Å². The fourth-order valence-electron chi connectivity index (χ4n) is 5.74. The summed E-state index contributed by atoms with van der Waals surface area (Å²) >= 11 is 6.50. The molecule has 280 valence electrons. The van der Waals surface area contributed by atoms with Gasteiger partial charge in [-0.3, -0.25) is 19.8 Å². The molecule has 1 unspecified atom stereocenters. The molecule has 0 aliphatic carbocycles. The van der Waals surface area contributed by atoms with Crippen LogP contribution in [0.4, 0.5) is 24.7 Å². The van der Waals surface area contributed by atoms with Gasteiger partial charge in [-0.15, -0.1) is 0 Å². The van der Waals surface area contributed by atoms with Gasteiger partial charge in [0.25, 0.3) is 11.8 Å².